The molecule has 2 bridgehead atoms. The zero-order valence-corrected chi connectivity index (χ0v) is 10.5. The van der Waals surface area contributed by atoms with Crippen molar-refractivity contribution in [1.82, 2.24) is 0 Å². The summed E-state index contributed by atoms with van der Waals surface area (Å²) in [5.74, 6) is -2.19. The number of carboxylic acid groups (broad SMARTS) is 2. The number of aliphatic hydroxyl groups excluding tert-OH is 1. The quantitative estimate of drug-likeness (QED) is 0.587. The Morgan fingerprint density at radius 1 is 1.42 bits per heavy atom. The molecule has 106 valence electrons. The van der Waals surface area contributed by atoms with E-state index in [0.29, 0.717) is 12.8 Å². The molecule has 0 amide bonds. The summed E-state index contributed by atoms with van der Waals surface area (Å²) in [4.78, 5) is 21.6. The van der Waals surface area contributed by atoms with Crippen LogP contribution in [0.3, 0.4) is 0 Å². The number of aliphatic hydroxyl groups is 1. The molecule has 1 fully saturated rings. The van der Waals surface area contributed by atoms with Crippen LogP contribution in [0.1, 0.15) is 25.7 Å². The molecular formula is C13H18O6. The number of carbonyl (C=O) groups is 2. The van der Waals surface area contributed by atoms with Crippen LogP contribution in [-0.2, 0) is 14.3 Å². The van der Waals surface area contributed by atoms with E-state index >= 15 is 0 Å². The van der Waals surface area contributed by atoms with E-state index in [4.69, 9.17) is 9.84 Å². The van der Waals surface area contributed by atoms with Gasteiger partial charge in [0.25, 0.3) is 0 Å². The fourth-order valence-electron chi connectivity index (χ4n) is 2.91. The summed E-state index contributed by atoms with van der Waals surface area (Å²) in [7, 11) is 0. The van der Waals surface area contributed by atoms with Crippen molar-refractivity contribution in [2.45, 2.75) is 37.4 Å². The van der Waals surface area contributed by atoms with E-state index in [9.17, 15) is 19.8 Å². The standard InChI is InChI=1S/C13H18O6/c14-9(1-2-11(15)16)7-19-13-4-3-8(6-13)5-10(13)12(17)18/h3-4,8-10,14H,1-2,5-7H2,(H,15,16)(H,17,18). The van der Waals surface area contributed by atoms with Crippen LogP contribution < -0.4 is 0 Å². The summed E-state index contributed by atoms with van der Waals surface area (Å²) in [6.07, 6.45) is 4.04. The number of rotatable bonds is 7. The topological polar surface area (TPSA) is 104 Å². The van der Waals surface area contributed by atoms with Crippen LogP contribution in [0.25, 0.3) is 0 Å². The summed E-state index contributed by atoms with van der Waals surface area (Å²) in [6.45, 7) is -0.0336. The molecule has 0 spiro atoms. The molecular weight excluding hydrogens is 252 g/mol. The zero-order valence-electron chi connectivity index (χ0n) is 10.5. The molecule has 0 aromatic rings. The van der Waals surface area contributed by atoms with Gasteiger partial charge in [0.05, 0.1) is 18.6 Å². The molecule has 4 unspecified atom stereocenters. The molecule has 19 heavy (non-hydrogen) atoms. The van der Waals surface area contributed by atoms with E-state index in [0.717, 1.165) is 0 Å². The average Bonchev–Trinajstić information content (AvgIpc) is 2.91. The molecule has 2 aliphatic carbocycles. The van der Waals surface area contributed by atoms with E-state index < -0.39 is 29.6 Å². The van der Waals surface area contributed by atoms with E-state index in [-0.39, 0.29) is 25.4 Å². The van der Waals surface area contributed by atoms with Crippen LogP contribution in [0.4, 0.5) is 0 Å². The first-order chi connectivity index (χ1) is 8.93. The van der Waals surface area contributed by atoms with Crippen molar-refractivity contribution in [1.29, 1.82) is 0 Å². The molecule has 0 aromatic heterocycles. The fraction of sp³-hybridized carbons (Fsp3) is 0.692. The maximum absolute atomic E-state index is 11.2. The number of allylic oxidation sites excluding steroid dienone is 1. The predicted molar refractivity (Wildman–Crippen MR) is 64.5 cm³/mol. The second kappa shape index (κ2) is 5.30. The molecule has 0 heterocycles. The van der Waals surface area contributed by atoms with E-state index in [2.05, 4.69) is 0 Å². The number of hydrogen-bond donors (Lipinski definition) is 3. The Labute approximate surface area is 110 Å². The number of hydrogen-bond acceptors (Lipinski definition) is 4. The lowest BCUT2D eigenvalue weighted by molar-refractivity contribution is -0.152. The maximum Gasteiger partial charge on any atom is 0.309 e. The van der Waals surface area contributed by atoms with Crippen LogP contribution in [0.2, 0.25) is 0 Å². The van der Waals surface area contributed by atoms with Gasteiger partial charge in [0, 0.05) is 6.42 Å². The second-order valence-electron chi connectivity index (χ2n) is 5.30. The number of fused-ring (bicyclic) bond motifs is 2. The summed E-state index contributed by atoms with van der Waals surface area (Å²) in [5, 5.41) is 27.4. The Morgan fingerprint density at radius 2 is 2.16 bits per heavy atom. The third-order valence-corrected chi connectivity index (χ3v) is 3.89. The highest BCUT2D eigenvalue weighted by molar-refractivity contribution is 5.73. The molecule has 6 heteroatoms. The van der Waals surface area contributed by atoms with Gasteiger partial charge >= 0.3 is 11.9 Å². The Hall–Kier alpha value is -1.40. The number of carboxylic acids is 2. The minimum absolute atomic E-state index is 0.0336. The van der Waals surface area contributed by atoms with Gasteiger partial charge in [0.15, 0.2) is 0 Å². The lowest BCUT2D eigenvalue weighted by atomic mass is 9.89. The minimum Gasteiger partial charge on any atom is -0.481 e. The SMILES string of the molecule is O=C(O)CCC(O)COC12C=CC(CC1C(=O)O)C2. The van der Waals surface area contributed by atoms with E-state index in [1.165, 1.54) is 0 Å². The summed E-state index contributed by atoms with van der Waals surface area (Å²) in [6, 6.07) is 0. The smallest absolute Gasteiger partial charge is 0.309 e. The van der Waals surface area contributed by atoms with E-state index in [1.54, 1.807) is 6.08 Å². The highest BCUT2D eigenvalue weighted by Crippen LogP contribution is 2.49. The van der Waals surface area contributed by atoms with Crippen molar-refractivity contribution >= 4 is 11.9 Å². The molecule has 2 aliphatic rings. The lowest BCUT2D eigenvalue weighted by Crippen LogP contribution is -2.40. The van der Waals surface area contributed by atoms with Crippen LogP contribution in [0, 0.1) is 11.8 Å². The van der Waals surface area contributed by atoms with Crippen LogP contribution in [0.5, 0.6) is 0 Å². The van der Waals surface area contributed by atoms with Gasteiger partial charge in [0.1, 0.15) is 5.60 Å². The van der Waals surface area contributed by atoms with Crippen LogP contribution >= 0.6 is 0 Å². The predicted octanol–water partition coefficient (Wildman–Crippen LogP) is 0.648. The van der Waals surface area contributed by atoms with Crippen molar-refractivity contribution in [3.05, 3.63) is 12.2 Å². The van der Waals surface area contributed by atoms with Crippen molar-refractivity contribution in [2.24, 2.45) is 11.8 Å². The summed E-state index contributed by atoms with van der Waals surface area (Å²) in [5.41, 5.74) is -0.819. The zero-order chi connectivity index (χ0) is 14.0. The fourth-order valence-corrected chi connectivity index (χ4v) is 2.91. The first-order valence-corrected chi connectivity index (χ1v) is 6.39. The molecule has 0 saturated heterocycles. The third-order valence-electron chi connectivity index (χ3n) is 3.89. The minimum atomic E-state index is -0.970. The molecule has 2 rings (SSSR count). The first kappa shape index (κ1) is 14.0. The Bertz CT molecular complexity index is 404. The van der Waals surface area contributed by atoms with Gasteiger partial charge in [-0.1, -0.05) is 12.2 Å². The molecule has 1 saturated carbocycles. The number of aliphatic carboxylic acids is 2. The van der Waals surface area contributed by atoms with Gasteiger partial charge in [-0.15, -0.1) is 0 Å². The van der Waals surface area contributed by atoms with Crippen molar-refractivity contribution in [2.75, 3.05) is 6.61 Å². The summed E-state index contributed by atoms with van der Waals surface area (Å²) < 4.78 is 5.64. The maximum atomic E-state index is 11.2. The lowest BCUT2D eigenvalue weighted by Gasteiger charge is -2.30. The third kappa shape index (κ3) is 2.96. The van der Waals surface area contributed by atoms with Crippen LogP contribution in [0.15, 0.2) is 12.2 Å². The normalized spacial score (nSPS) is 33.5. The van der Waals surface area contributed by atoms with E-state index in [1.807, 2.05) is 6.08 Å². The van der Waals surface area contributed by atoms with Gasteiger partial charge < -0.3 is 20.1 Å². The van der Waals surface area contributed by atoms with Gasteiger partial charge in [-0.3, -0.25) is 9.59 Å². The van der Waals surface area contributed by atoms with Crippen molar-refractivity contribution in [3.63, 3.8) is 0 Å². The molecule has 3 N–H and O–H groups in total. The average molecular weight is 270 g/mol. The first-order valence-electron chi connectivity index (χ1n) is 6.39. The Morgan fingerprint density at radius 3 is 2.74 bits per heavy atom. The van der Waals surface area contributed by atoms with Gasteiger partial charge in [-0.25, -0.2) is 0 Å². The molecule has 4 atom stereocenters. The monoisotopic (exact) mass is 270 g/mol. The van der Waals surface area contributed by atoms with Gasteiger partial charge in [0.2, 0.25) is 0 Å². The summed E-state index contributed by atoms with van der Waals surface area (Å²) >= 11 is 0. The highest BCUT2D eigenvalue weighted by atomic mass is 16.5. The van der Waals surface area contributed by atoms with Crippen molar-refractivity contribution in [3.8, 4) is 0 Å². The Balaban J connectivity index is 1.89. The molecule has 0 aromatic carbocycles. The van der Waals surface area contributed by atoms with Gasteiger partial charge in [-0.05, 0) is 25.2 Å². The number of ether oxygens (including phenoxy) is 1. The van der Waals surface area contributed by atoms with Crippen LogP contribution in [-0.4, -0.2) is 45.6 Å². The van der Waals surface area contributed by atoms with Gasteiger partial charge in [-0.2, -0.15) is 0 Å². The second-order valence-corrected chi connectivity index (χ2v) is 5.30. The molecule has 0 aliphatic heterocycles. The highest BCUT2D eigenvalue weighted by Gasteiger charge is 2.53. The molecule has 6 nitrogen and oxygen atoms in total. The Kier molecular flexibility index (Phi) is 3.91. The largest absolute Gasteiger partial charge is 0.481 e. The molecule has 0 radical (unpaired) electrons. The van der Waals surface area contributed by atoms with Crippen molar-refractivity contribution < 1.29 is 29.6 Å².